The third-order valence-electron chi connectivity index (χ3n) is 4.27. The summed E-state index contributed by atoms with van der Waals surface area (Å²) < 4.78 is 0. The molecule has 1 aliphatic heterocycles. The zero-order valence-electron chi connectivity index (χ0n) is 11.8. The maximum atomic E-state index is 12.2. The van der Waals surface area contributed by atoms with Crippen molar-refractivity contribution in [1.82, 2.24) is 10.2 Å². The van der Waals surface area contributed by atoms with Gasteiger partial charge < -0.3 is 15.3 Å². The Balaban J connectivity index is 1.83. The number of nitrogens with zero attached hydrogens (tertiary/aromatic N) is 1. The number of hydrogen-bond acceptors (Lipinski definition) is 2. The molecule has 19 heavy (non-hydrogen) atoms. The Kier molecular flexibility index (Phi) is 4.32. The molecule has 0 spiro atoms. The first kappa shape index (κ1) is 14.2. The molecule has 4 unspecified atom stereocenters. The molecule has 1 aliphatic carbocycles. The van der Waals surface area contributed by atoms with E-state index in [1.54, 1.807) is 0 Å². The zero-order valence-corrected chi connectivity index (χ0v) is 11.8. The Morgan fingerprint density at radius 1 is 1.11 bits per heavy atom. The van der Waals surface area contributed by atoms with Gasteiger partial charge in [-0.05, 0) is 37.5 Å². The van der Waals surface area contributed by atoms with Crippen molar-refractivity contribution in [1.29, 1.82) is 0 Å². The lowest BCUT2D eigenvalue weighted by Crippen LogP contribution is -2.49. The van der Waals surface area contributed by atoms with Crippen LogP contribution in [0.25, 0.3) is 0 Å². The summed E-state index contributed by atoms with van der Waals surface area (Å²) in [7, 11) is 0. The fourth-order valence-corrected chi connectivity index (χ4v) is 3.43. The Hall–Kier alpha value is -1.26. The highest BCUT2D eigenvalue weighted by Gasteiger charge is 2.32. The lowest BCUT2D eigenvalue weighted by atomic mass is 9.92. The number of carboxylic acids is 1. The molecule has 0 bridgehead atoms. The summed E-state index contributed by atoms with van der Waals surface area (Å²) in [4.78, 5) is 25.0. The number of aliphatic carboxylic acids is 1. The van der Waals surface area contributed by atoms with Crippen LogP contribution in [0.1, 0.15) is 39.5 Å². The van der Waals surface area contributed by atoms with Crippen LogP contribution in [0.15, 0.2) is 0 Å². The van der Waals surface area contributed by atoms with Gasteiger partial charge in [0, 0.05) is 19.1 Å². The lowest BCUT2D eigenvalue weighted by molar-refractivity contribution is -0.141. The first-order chi connectivity index (χ1) is 8.95. The molecule has 2 aliphatic rings. The number of carboxylic acid groups (broad SMARTS) is 1. The van der Waals surface area contributed by atoms with E-state index in [0.717, 1.165) is 19.5 Å². The van der Waals surface area contributed by atoms with E-state index in [4.69, 9.17) is 5.11 Å². The van der Waals surface area contributed by atoms with Crippen molar-refractivity contribution in [2.24, 2.45) is 17.8 Å². The van der Waals surface area contributed by atoms with Crippen molar-refractivity contribution in [3.8, 4) is 0 Å². The van der Waals surface area contributed by atoms with Crippen LogP contribution < -0.4 is 5.32 Å². The molecule has 0 aromatic heterocycles. The molecule has 1 heterocycles. The first-order valence-corrected chi connectivity index (χ1v) is 7.24. The monoisotopic (exact) mass is 268 g/mol. The van der Waals surface area contributed by atoms with Gasteiger partial charge in [0.2, 0.25) is 0 Å². The molecule has 4 atom stereocenters. The highest BCUT2D eigenvalue weighted by Crippen LogP contribution is 2.26. The van der Waals surface area contributed by atoms with E-state index in [-0.39, 0.29) is 18.0 Å². The Bertz CT molecular complexity index is 349. The second-order valence-corrected chi connectivity index (χ2v) is 6.35. The van der Waals surface area contributed by atoms with Crippen molar-refractivity contribution in [3.05, 3.63) is 0 Å². The number of urea groups is 1. The quantitative estimate of drug-likeness (QED) is 0.804. The number of hydrogen-bond donors (Lipinski definition) is 2. The summed E-state index contributed by atoms with van der Waals surface area (Å²) in [5.74, 6) is 0.0659. The number of carbonyl (C=O) groups excluding carboxylic acids is 1. The molecule has 0 aromatic carbocycles. The molecule has 0 aromatic rings. The van der Waals surface area contributed by atoms with Crippen LogP contribution in [0.4, 0.5) is 4.79 Å². The molecular formula is C14H24N2O3. The normalized spacial score (nSPS) is 35.2. The van der Waals surface area contributed by atoms with Crippen LogP contribution in [0.5, 0.6) is 0 Å². The smallest absolute Gasteiger partial charge is 0.317 e. The van der Waals surface area contributed by atoms with Gasteiger partial charge in [0.05, 0.1) is 5.92 Å². The molecule has 1 saturated carbocycles. The van der Waals surface area contributed by atoms with E-state index in [2.05, 4.69) is 19.2 Å². The van der Waals surface area contributed by atoms with Gasteiger partial charge in [-0.2, -0.15) is 0 Å². The van der Waals surface area contributed by atoms with Gasteiger partial charge in [-0.1, -0.05) is 13.8 Å². The van der Waals surface area contributed by atoms with E-state index >= 15 is 0 Å². The predicted octanol–water partition coefficient (Wildman–Crippen LogP) is 1.93. The predicted molar refractivity (Wildman–Crippen MR) is 71.8 cm³/mol. The molecule has 5 heteroatoms. The zero-order chi connectivity index (χ0) is 14.0. The Morgan fingerprint density at radius 3 is 2.26 bits per heavy atom. The number of piperidine rings is 1. The fraction of sp³-hybridized carbons (Fsp3) is 0.857. The molecule has 1 saturated heterocycles. The van der Waals surface area contributed by atoms with Crippen LogP contribution in [0, 0.1) is 17.8 Å². The molecule has 108 valence electrons. The summed E-state index contributed by atoms with van der Waals surface area (Å²) in [6.45, 7) is 5.97. The number of nitrogens with one attached hydrogen (secondary N) is 1. The van der Waals surface area contributed by atoms with Gasteiger partial charge in [0.15, 0.2) is 0 Å². The number of carbonyl (C=O) groups is 2. The van der Waals surface area contributed by atoms with E-state index in [0.29, 0.717) is 24.7 Å². The minimum atomic E-state index is -0.739. The van der Waals surface area contributed by atoms with Crippen molar-refractivity contribution >= 4 is 12.0 Å². The highest BCUT2D eigenvalue weighted by atomic mass is 16.4. The molecule has 2 N–H and O–H groups in total. The summed E-state index contributed by atoms with van der Waals surface area (Å²) in [5, 5.41) is 12.0. The molecule has 5 nitrogen and oxygen atoms in total. The molecule has 2 amide bonds. The van der Waals surface area contributed by atoms with Crippen LogP contribution in [-0.2, 0) is 4.79 Å². The first-order valence-electron chi connectivity index (χ1n) is 7.24. The highest BCUT2D eigenvalue weighted by molar-refractivity contribution is 5.75. The van der Waals surface area contributed by atoms with Crippen LogP contribution in [0.3, 0.4) is 0 Å². The standard InChI is InChI=1S/C14H24N2O3/c1-9-5-10(2)8-16(7-9)14(19)15-12-4-3-11(6-12)13(17)18/h9-12H,3-8H2,1-2H3,(H,15,19)(H,17,18). The molecular weight excluding hydrogens is 244 g/mol. The minimum Gasteiger partial charge on any atom is -0.481 e. The third-order valence-corrected chi connectivity index (χ3v) is 4.27. The summed E-state index contributed by atoms with van der Waals surface area (Å²) >= 11 is 0. The third kappa shape index (κ3) is 3.61. The van der Waals surface area contributed by atoms with Gasteiger partial charge >= 0.3 is 12.0 Å². The molecule has 2 fully saturated rings. The van der Waals surface area contributed by atoms with Crippen molar-refractivity contribution in [2.45, 2.75) is 45.6 Å². The second-order valence-electron chi connectivity index (χ2n) is 6.35. The minimum absolute atomic E-state index is 0.0190. The van der Waals surface area contributed by atoms with Gasteiger partial charge in [-0.3, -0.25) is 4.79 Å². The summed E-state index contributed by atoms with van der Waals surface area (Å²) in [6, 6.07) is 0.00979. The van der Waals surface area contributed by atoms with Gasteiger partial charge in [0.25, 0.3) is 0 Å². The number of likely N-dealkylation sites (tertiary alicyclic amines) is 1. The Morgan fingerprint density at radius 2 is 1.74 bits per heavy atom. The van der Waals surface area contributed by atoms with Crippen molar-refractivity contribution < 1.29 is 14.7 Å². The van der Waals surface area contributed by atoms with Crippen molar-refractivity contribution in [2.75, 3.05) is 13.1 Å². The van der Waals surface area contributed by atoms with E-state index < -0.39 is 5.97 Å². The number of amides is 2. The number of rotatable bonds is 2. The maximum absolute atomic E-state index is 12.2. The van der Waals surface area contributed by atoms with E-state index in [9.17, 15) is 9.59 Å². The maximum Gasteiger partial charge on any atom is 0.317 e. The van der Waals surface area contributed by atoms with Crippen LogP contribution in [-0.4, -0.2) is 41.1 Å². The van der Waals surface area contributed by atoms with E-state index in [1.807, 2.05) is 4.90 Å². The average molecular weight is 268 g/mol. The molecule has 2 rings (SSSR count). The van der Waals surface area contributed by atoms with Gasteiger partial charge in [-0.15, -0.1) is 0 Å². The van der Waals surface area contributed by atoms with Crippen LogP contribution >= 0.6 is 0 Å². The topological polar surface area (TPSA) is 69.6 Å². The molecule has 0 radical (unpaired) electrons. The van der Waals surface area contributed by atoms with Gasteiger partial charge in [0.1, 0.15) is 0 Å². The largest absolute Gasteiger partial charge is 0.481 e. The summed E-state index contributed by atoms with van der Waals surface area (Å²) in [6.07, 6.45) is 3.20. The Labute approximate surface area is 114 Å². The SMILES string of the molecule is CC1CC(C)CN(C(=O)NC2CCC(C(=O)O)C2)C1. The summed E-state index contributed by atoms with van der Waals surface area (Å²) in [5.41, 5.74) is 0. The second kappa shape index (κ2) is 5.80. The van der Waals surface area contributed by atoms with Gasteiger partial charge in [-0.25, -0.2) is 4.79 Å². The van der Waals surface area contributed by atoms with E-state index in [1.165, 1.54) is 6.42 Å². The fourth-order valence-electron chi connectivity index (χ4n) is 3.43. The van der Waals surface area contributed by atoms with Crippen molar-refractivity contribution in [3.63, 3.8) is 0 Å². The average Bonchev–Trinajstić information content (AvgIpc) is 2.76. The van der Waals surface area contributed by atoms with Crippen LogP contribution in [0.2, 0.25) is 0 Å². The lowest BCUT2D eigenvalue weighted by Gasteiger charge is -2.35.